The number of aromatic amines is 1. The number of hydrogen-bond acceptors (Lipinski definition) is 6. The number of nitrogens with one attached hydrogen (secondary N) is 2. The Labute approximate surface area is 268 Å². The predicted molar refractivity (Wildman–Crippen MR) is 183 cm³/mol. The lowest BCUT2D eigenvalue weighted by Crippen LogP contribution is -2.42. The van der Waals surface area contributed by atoms with Crippen LogP contribution in [0.5, 0.6) is 0 Å². The number of carbonyl (C=O) groups excluding carboxylic acids is 1. The fraction of sp³-hybridized carbons (Fsp3) is 0.514. The van der Waals surface area contributed by atoms with Gasteiger partial charge in [-0.25, -0.2) is 0 Å². The van der Waals surface area contributed by atoms with Crippen LogP contribution in [0.1, 0.15) is 70.9 Å². The molecule has 5 rings (SSSR count). The van der Waals surface area contributed by atoms with Gasteiger partial charge in [-0.1, -0.05) is 24.3 Å². The standard InChI is InChI=1S/C37H51N5O3/c1-7-42(32-14-12-31(13-15-32)40(5)6)35-22-30(29-10-8-28(9-11-29)24-41-16-18-45-19-17-41)21-33(27(35)4)36(43)38-23-34-25(2)20-26(3)39-37(34)44/h8-11,20-22,31-32H,7,12-19,23-24H2,1-6H3,(H,38,43)(H,39,44). The molecule has 0 atom stereocenters. The van der Waals surface area contributed by atoms with Crippen molar-refractivity contribution in [2.75, 3.05) is 51.8 Å². The molecule has 0 spiro atoms. The Hall–Kier alpha value is -3.46. The summed E-state index contributed by atoms with van der Waals surface area (Å²) in [6.45, 7) is 13.5. The van der Waals surface area contributed by atoms with Gasteiger partial charge in [-0.3, -0.25) is 14.5 Å². The van der Waals surface area contributed by atoms with E-state index in [4.69, 9.17) is 4.74 Å². The second-order valence-electron chi connectivity index (χ2n) is 13.1. The number of hydrogen-bond donors (Lipinski definition) is 2. The molecule has 8 heteroatoms. The molecule has 2 N–H and O–H groups in total. The quantitative estimate of drug-likeness (QED) is 0.318. The van der Waals surface area contributed by atoms with Crippen LogP contribution in [0.3, 0.4) is 0 Å². The SMILES string of the molecule is CCN(c1cc(-c2ccc(CN3CCOCC3)cc2)cc(C(=O)NCc2c(C)cc(C)[nH]c2=O)c1C)C1CCC(N(C)C)CC1. The summed E-state index contributed by atoms with van der Waals surface area (Å²) >= 11 is 0. The zero-order valence-corrected chi connectivity index (χ0v) is 28.0. The largest absolute Gasteiger partial charge is 0.379 e. The molecule has 1 aromatic heterocycles. The average Bonchev–Trinajstić information content (AvgIpc) is 3.02. The molecule has 1 saturated heterocycles. The minimum atomic E-state index is -0.161. The number of aryl methyl sites for hydroxylation is 2. The minimum Gasteiger partial charge on any atom is -0.379 e. The van der Waals surface area contributed by atoms with Crippen LogP contribution in [-0.2, 0) is 17.8 Å². The topological polar surface area (TPSA) is 80.9 Å². The van der Waals surface area contributed by atoms with Crippen LogP contribution in [0, 0.1) is 20.8 Å². The van der Waals surface area contributed by atoms with Gasteiger partial charge in [-0.05, 0) is 113 Å². The van der Waals surface area contributed by atoms with Crippen LogP contribution in [-0.4, -0.2) is 79.7 Å². The molecule has 2 heterocycles. The normalized spacial score (nSPS) is 19.1. The Morgan fingerprint density at radius 3 is 2.24 bits per heavy atom. The molecular weight excluding hydrogens is 562 g/mol. The summed E-state index contributed by atoms with van der Waals surface area (Å²) in [6, 6.07) is 16.1. The number of morpholine rings is 1. The molecule has 2 fully saturated rings. The first-order valence-corrected chi connectivity index (χ1v) is 16.6. The predicted octanol–water partition coefficient (Wildman–Crippen LogP) is 5.43. The lowest BCUT2D eigenvalue weighted by molar-refractivity contribution is 0.0342. The van der Waals surface area contributed by atoms with E-state index >= 15 is 0 Å². The number of rotatable bonds is 10. The third kappa shape index (κ3) is 7.86. The van der Waals surface area contributed by atoms with Crippen LogP contribution >= 0.6 is 0 Å². The van der Waals surface area contributed by atoms with Crippen molar-refractivity contribution in [1.29, 1.82) is 0 Å². The van der Waals surface area contributed by atoms with Gasteiger partial charge in [0.2, 0.25) is 0 Å². The zero-order valence-electron chi connectivity index (χ0n) is 28.0. The van der Waals surface area contributed by atoms with Gasteiger partial charge in [0, 0.05) is 67.3 Å². The summed E-state index contributed by atoms with van der Waals surface area (Å²) in [5.41, 5.74) is 8.29. The van der Waals surface area contributed by atoms with Gasteiger partial charge >= 0.3 is 0 Å². The summed E-state index contributed by atoms with van der Waals surface area (Å²) in [7, 11) is 4.36. The van der Waals surface area contributed by atoms with Crippen molar-refractivity contribution >= 4 is 11.6 Å². The van der Waals surface area contributed by atoms with E-state index in [9.17, 15) is 9.59 Å². The molecule has 1 amide bonds. The summed E-state index contributed by atoms with van der Waals surface area (Å²) in [6.07, 6.45) is 4.62. The third-order valence-corrected chi connectivity index (χ3v) is 9.83. The second-order valence-corrected chi connectivity index (χ2v) is 13.1. The van der Waals surface area contributed by atoms with E-state index in [1.54, 1.807) is 0 Å². The summed E-state index contributed by atoms with van der Waals surface area (Å²) < 4.78 is 5.51. The second kappa shape index (κ2) is 14.8. The minimum absolute atomic E-state index is 0.151. The Bertz CT molecular complexity index is 1520. The van der Waals surface area contributed by atoms with Crippen molar-refractivity contribution in [2.45, 2.75) is 78.6 Å². The van der Waals surface area contributed by atoms with Gasteiger partial charge in [0.15, 0.2) is 0 Å². The van der Waals surface area contributed by atoms with E-state index in [2.05, 4.69) is 83.3 Å². The first-order chi connectivity index (χ1) is 21.6. The molecule has 1 aliphatic heterocycles. The molecule has 45 heavy (non-hydrogen) atoms. The summed E-state index contributed by atoms with van der Waals surface area (Å²) in [5, 5.41) is 3.07. The van der Waals surface area contributed by atoms with Crippen molar-refractivity contribution < 1.29 is 9.53 Å². The molecule has 2 aliphatic rings. The van der Waals surface area contributed by atoms with E-state index in [0.29, 0.717) is 23.2 Å². The highest BCUT2D eigenvalue weighted by Gasteiger charge is 2.28. The van der Waals surface area contributed by atoms with Crippen molar-refractivity contribution in [3.8, 4) is 11.1 Å². The highest BCUT2D eigenvalue weighted by molar-refractivity contribution is 5.99. The number of nitrogens with zero attached hydrogens (tertiary/aromatic N) is 3. The first kappa shape index (κ1) is 32.9. The van der Waals surface area contributed by atoms with Crippen LogP contribution in [0.2, 0.25) is 0 Å². The van der Waals surface area contributed by atoms with E-state index in [0.717, 1.165) is 85.9 Å². The van der Waals surface area contributed by atoms with Crippen LogP contribution in [0.25, 0.3) is 11.1 Å². The van der Waals surface area contributed by atoms with E-state index in [1.807, 2.05) is 26.0 Å². The Kier molecular flexibility index (Phi) is 10.8. The Morgan fingerprint density at radius 2 is 1.62 bits per heavy atom. The molecule has 2 aromatic carbocycles. The molecular formula is C37H51N5O3. The van der Waals surface area contributed by atoms with Crippen LogP contribution < -0.4 is 15.8 Å². The van der Waals surface area contributed by atoms with Crippen LogP contribution in [0.15, 0.2) is 47.3 Å². The van der Waals surface area contributed by atoms with Gasteiger partial charge in [0.1, 0.15) is 0 Å². The van der Waals surface area contributed by atoms with Crippen LogP contribution in [0.4, 0.5) is 5.69 Å². The number of amides is 1. The lowest BCUT2D eigenvalue weighted by Gasteiger charge is -2.40. The Balaban J connectivity index is 1.46. The zero-order chi connectivity index (χ0) is 32.1. The number of benzene rings is 2. The molecule has 1 aliphatic carbocycles. The van der Waals surface area contributed by atoms with Gasteiger partial charge in [0.25, 0.3) is 11.5 Å². The molecule has 0 bridgehead atoms. The summed E-state index contributed by atoms with van der Waals surface area (Å²) in [4.78, 5) is 36.7. The van der Waals surface area contributed by atoms with E-state index in [1.165, 1.54) is 18.4 Å². The third-order valence-electron chi connectivity index (χ3n) is 9.83. The van der Waals surface area contributed by atoms with E-state index in [-0.39, 0.29) is 18.0 Å². The van der Waals surface area contributed by atoms with E-state index < -0.39 is 0 Å². The number of pyridine rings is 1. The number of ether oxygens (including phenoxy) is 1. The van der Waals surface area contributed by atoms with Crippen molar-refractivity contribution in [1.82, 2.24) is 20.1 Å². The lowest BCUT2D eigenvalue weighted by atomic mass is 9.88. The summed E-state index contributed by atoms with van der Waals surface area (Å²) in [5.74, 6) is -0.161. The van der Waals surface area contributed by atoms with Gasteiger partial charge in [0.05, 0.1) is 13.2 Å². The first-order valence-electron chi connectivity index (χ1n) is 16.6. The van der Waals surface area contributed by atoms with Crippen molar-refractivity contribution in [3.63, 3.8) is 0 Å². The highest BCUT2D eigenvalue weighted by atomic mass is 16.5. The maximum Gasteiger partial charge on any atom is 0.253 e. The number of carbonyl (C=O) groups is 1. The molecule has 8 nitrogen and oxygen atoms in total. The fourth-order valence-electron chi connectivity index (χ4n) is 7.10. The smallest absolute Gasteiger partial charge is 0.253 e. The number of H-pyrrole nitrogens is 1. The average molecular weight is 614 g/mol. The number of anilines is 1. The fourth-order valence-corrected chi connectivity index (χ4v) is 7.10. The molecule has 0 radical (unpaired) electrons. The number of aromatic nitrogens is 1. The monoisotopic (exact) mass is 613 g/mol. The van der Waals surface area contributed by atoms with Gasteiger partial charge < -0.3 is 24.8 Å². The maximum atomic E-state index is 13.9. The molecule has 0 unspecified atom stereocenters. The molecule has 242 valence electrons. The van der Waals surface area contributed by atoms with Crippen molar-refractivity contribution in [2.24, 2.45) is 0 Å². The maximum absolute atomic E-state index is 13.9. The Morgan fingerprint density at radius 1 is 0.956 bits per heavy atom. The molecule has 1 saturated carbocycles. The van der Waals surface area contributed by atoms with Gasteiger partial charge in [-0.2, -0.15) is 0 Å². The molecule has 3 aromatic rings. The highest BCUT2D eigenvalue weighted by Crippen LogP contribution is 2.36. The van der Waals surface area contributed by atoms with Crippen molar-refractivity contribution in [3.05, 3.63) is 86.3 Å². The van der Waals surface area contributed by atoms with Gasteiger partial charge in [-0.15, -0.1) is 0 Å².